The van der Waals surface area contributed by atoms with E-state index in [9.17, 15) is 44.7 Å². The summed E-state index contributed by atoms with van der Waals surface area (Å²) in [4.78, 5) is 53.3. The number of carbonyl (C=O) groups is 4. The van der Waals surface area contributed by atoms with Gasteiger partial charge in [-0.25, -0.2) is 4.79 Å². The molecule has 0 unspecified atom stereocenters. The molecule has 0 bridgehead atoms. The zero-order valence-corrected chi connectivity index (χ0v) is 36.6. The number of aromatic hydroxyl groups is 1. The van der Waals surface area contributed by atoms with Crippen molar-refractivity contribution in [2.45, 2.75) is 143 Å². The molecule has 3 rings (SSSR count). The fourth-order valence-corrected chi connectivity index (χ4v) is 8.28. The second-order valence-electron chi connectivity index (χ2n) is 17.0. The van der Waals surface area contributed by atoms with E-state index in [0.29, 0.717) is 29.8 Å². The largest absolute Gasteiger partial charge is 0.507 e. The molecule has 0 spiro atoms. The predicted octanol–water partition coefficient (Wildman–Crippen LogP) is 2.87. The van der Waals surface area contributed by atoms with Gasteiger partial charge in [-0.3, -0.25) is 14.4 Å². The molecule has 2 heterocycles. The Bertz CT molecular complexity index is 1680. The standard InChI is InChI=1S/C43H68N2O14/c1-12-31-43(9,54)39(50)28(7)45(10)21-24(3)19-42(8,53)38(49)26(5)36(27(6)40(51)58-31)59-33(47)20-44-17-18-56-32(46)16-14-23(2)13-15-29-35(48)34-30(22-57-41(34)52)25(4)37(29)55-11/h13,24,26-28,31,36,38-39,44,48-50,53-54H,12,14-22H2,1-11H3/t24-,26+,27-,28-,31-,36+,38-,39-,42-,43-/m1/s1. The Kier molecular flexibility index (Phi) is 17.8. The molecule has 0 aliphatic carbocycles. The molecule has 1 fully saturated rings. The number of likely N-dealkylation sites (N-methyl/N-ethyl adjacent to an activating group) is 1. The van der Waals surface area contributed by atoms with Crippen LogP contribution in [0.3, 0.4) is 0 Å². The third-order valence-electron chi connectivity index (χ3n) is 12.0. The maximum atomic E-state index is 13.6. The van der Waals surface area contributed by atoms with Gasteiger partial charge < -0.3 is 59.4 Å². The van der Waals surface area contributed by atoms with Crippen molar-refractivity contribution in [2.24, 2.45) is 17.8 Å². The predicted molar refractivity (Wildman–Crippen MR) is 217 cm³/mol. The highest BCUT2D eigenvalue weighted by Gasteiger charge is 2.48. The van der Waals surface area contributed by atoms with Gasteiger partial charge in [-0.15, -0.1) is 0 Å². The second kappa shape index (κ2) is 21.1. The number of aliphatic hydroxyl groups is 4. The van der Waals surface area contributed by atoms with E-state index in [1.165, 1.54) is 27.9 Å². The van der Waals surface area contributed by atoms with E-state index in [2.05, 4.69) is 5.32 Å². The molecule has 1 aromatic rings. The van der Waals surface area contributed by atoms with Gasteiger partial charge in [-0.1, -0.05) is 32.4 Å². The van der Waals surface area contributed by atoms with Crippen molar-refractivity contribution < 1.29 is 68.4 Å². The highest BCUT2D eigenvalue weighted by atomic mass is 16.6. The molecule has 2 aliphatic rings. The molecule has 10 atom stereocenters. The van der Waals surface area contributed by atoms with E-state index in [1.807, 2.05) is 24.8 Å². The number of cyclic esters (lactones) is 2. The van der Waals surface area contributed by atoms with E-state index in [1.54, 1.807) is 34.7 Å². The summed E-state index contributed by atoms with van der Waals surface area (Å²) in [7, 11) is 3.27. The topological polar surface area (TPSA) is 231 Å². The summed E-state index contributed by atoms with van der Waals surface area (Å²) in [6.45, 7) is 15.1. The minimum absolute atomic E-state index is 0.0508. The smallest absolute Gasteiger partial charge is 0.342 e. The summed E-state index contributed by atoms with van der Waals surface area (Å²) >= 11 is 0. The number of allylic oxidation sites excluding steroid dienone is 2. The Hall–Kier alpha value is -3.80. The molecule has 6 N–H and O–H groups in total. The quantitative estimate of drug-likeness (QED) is 0.0726. The molecule has 16 heteroatoms. The lowest BCUT2D eigenvalue weighted by Gasteiger charge is -2.42. The van der Waals surface area contributed by atoms with Crippen LogP contribution in [0.2, 0.25) is 0 Å². The van der Waals surface area contributed by atoms with Crippen molar-refractivity contribution in [1.82, 2.24) is 10.2 Å². The van der Waals surface area contributed by atoms with Crippen molar-refractivity contribution >= 4 is 23.9 Å². The number of aliphatic hydroxyl groups excluding tert-OH is 2. The number of nitrogens with one attached hydrogen (secondary N) is 1. The number of carbonyl (C=O) groups excluding carboxylic acids is 4. The van der Waals surface area contributed by atoms with Crippen LogP contribution in [0.25, 0.3) is 0 Å². The summed E-state index contributed by atoms with van der Waals surface area (Å²) in [6, 6.07) is -0.558. The number of hydrogen-bond acceptors (Lipinski definition) is 16. The number of esters is 4. The number of fused-ring (bicyclic) bond motifs is 1. The molecular weight excluding hydrogens is 768 g/mol. The van der Waals surface area contributed by atoms with E-state index >= 15 is 0 Å². The minimum atomic E-state index is -1.84. The van der Waals surface area contributed by atoms with Crippen LogP contribution in [-0.2, 0) is 46.4 Å². The maximum Gasteiger partial charge on any atom is 0.342 e. The maximum absolute atomic E-state index is 13.6. The number of phenols is 1. The first-order chi connectivity index (χ1) is 27.5. The summed E-state index contributed by atoms with van der Waals surface area (Å²) in [5, 5.41) is 59.4. The third kappa shape index (κ3) is 12.2. The van der Waals surface area contributed by atoms with Gasteiger partial charge in [0.2, 0.25) is 0 Å². The molecule has 0 radical (unpaired) electrons. The van der Waals surface area contributed by atoms with Crippen LogP contribution < -0.4 is 10.1 Å². The first kappa shape index (κ1) is 49.6. The molecular formula is C43H68N2O14. The molecule has 2 aliphatic heterocycles. The third-order valence-corrected chi connectivity index (χ3v) is 12.0. The Morgan fingerprint density at radius 3 is 2.34 bits per heavy atom. The number of ether oxygens (including phenoxy) is 5. The zero-order chi connectivity index (χ0) is 44.6. The van der Waals surface area contributed by atoms with Crippen LogP contribution in [0, 0.1) is 24.7 Å². The Morgan fingerprint density at radius 1 is 1.05 bits per heavy atom. The number of benzene rings is 1. The average Bonchev–Trinajstić information content (AvgIpc) is 3.57. The molecule has 334 valence electrons. The van der Waals surface area contributed by atoms with Crippen LogP contribution in [-0.4, -0.2) is 136 Å². The number of hydrogen-bond donors (Lipinski definition) is 6. The highest BCUT2D eigenvalue weighted by molar-refractivity contribution is 5.98. The lowest BCUT2D eigenvalue weighted by Crippen LogP contribution is -2.59. The van der Waals surface area contributed by atoms with Crippen LogP contribution in [0.4, 0.5) is 0 Å². The minimum Gasteiger partial charge on any atom is -0.507 e. The summed E-state index contributed by atoms with van der Waals surface area (Å²) < 4.78 is 27.5. The molecule has 1 aromatic carbocycles. The fourth-order valence-electron chi connectivity index (χ4n) is 8.28. The molecule has 16 nitrogen and oxygen atoms in total. The van der Waals surface area contributed by atoms with Crippen molar-refractivity contribution in [1.29, 1.82) is 0 Å². The van der Waals surface area contributed by atoms with Crippen molar-refractivity contribution in [3.63, 3.8) is 0 Å². The first-order valence-electron chi connectivity index (χ1n) is 20.5. The SMILES string of the molecule is CC[C@H]1OC(=O)[C@H](C)[C@@H](OC(=O)CNCCOC(=O)CCC(C)=CCc2c(O)c3c(c(C)c2OC)COC3=O)[C@H](C)[C@@H](O)[C@](C)(O)C[C@@H](C)CN(C)[C@H](C)[C@@H](O)[C@]1(C)O. The van der Waals surface area contributed by atoms with Crippen LogP contribution in [0.1, 0.15) is 108 Å². The van der Waals surface area contributed by atoms with Crippen LogP contribution in [0.15, 0.2) is 11.6 Å². The molecule has 1 saturated heterocycles. The van der Waals surface area contributed by atoms with Crippen LogP contribution in [0.5, 0.6) is 11.5 Å². The van der Waals surface area contributed by atoms with E-state index in [0.717, 1.165) is 11.1 Å². The molecule has 0 aromatic heterocycles. The Morgan fingerprint density at radius 2 is 1.71 bits per heavy atom. The van der Waals surface area contributed by atoms with Crippen LogP contribution >= 0.6 is 0 Å². The van der Waals surface area contributed by atoms with Gasteiger partial charge in [-0.2, -0.15) is 0 Å². The lowest BCUT2D eigenvalue weighted by molar-refractivity contribution is -0.196. The monoisotopic (exact) mass is 836 g/mol. The van der Waals surface area contributed by atoms with Gasteiger partial charge in [0.15, 0.2) is 0 Å². The lowest BCUT2D eigenvalue weighted by atomic mass is 9.78. The number of nitrogens with zero attached hydrogens (tertiary/aromatic N) is 1. The van der Waals surface area contributed by atoms with Gasteiger partial charge in [0, 0.05) is 42.6 Å². The van der Waals surface area contributed by atoms with Gasteiger partial charge >= 0.3 is 23.9 Å². The zero-order valence-electron chi connectivity index (χ0n) is 36.6. The van der Waals surface area contributed by atoms with Gasteiger partial charge in [0.25, 0.3) is 0 Å². The van der Waals surface area contributed by atoms with Gasteiger partial charge in [0.1, 0.15) is 54.2 Å². The highest BCUT2D eigenvalue weighted by Crippen LogP contribution is 2.42. The summed E-state index contributed by atoms with van der Waals surface area (Å²) in [6.07, 6.45) is -2.24. The Labute approximate surface area is 348 Å². The van der Waals surface area contributed by atoms with E-state index in [-0.39, 0.29) is 69.2 Å². The number of methoxy groups -OCH3 is 1. The summed E-state index contributed by atoms with van der Waals surface area (Å²) in [5.74, 6) is -4.61. The average molecular weight is 837 g/mol. The number of phenolic OH excluding ortho intramolecular Hbond substituents is 1. The van der Waals surface area contributed by atoms with Crippen molar-refractivity contribution in [3.8, 4) is 11.5 Å². The molecule has 0 saturated carbocycles. The van der Waals surface area contributed by atoms with Crippen molar-refractivity contribution in [3.05, 3.63) is 33.9 Å². The molecule has 59 heavy (non-hydrogen) atoms. The van der Waals surface area contributed by atoms with Crippen molar-refractivity contribution in [2.75, 3.05) is 40.4 Å². The Balaban J connectivity index is 1.59. The van der Waals surface area contributed by atoms with E-state index in [4.69, 9.17) is 23.7 Å². The van der Waals surface area contributed by atoms with E-state index < -0.39 is 77.4 Å². The summed E-state index contributed by atoms with van der Waals surface area (Å²) in [5.41, 5.74) is -0.724. The molecule has 0 amide bonds. The first-order valence-corrected chi connectivity index (χ1v) is 20.5. The van der Waals surface area contributed by atoms with Gasteiger partial charge in [-0.05, 0) is 85.8 Å². The number of rotatable bonds is 13. The van der Waals surface area contributed by atoms with Gasteiger partial charge in [0.05, 0.1) is 31.3 Å². The fraction of sp³-hybridized carbons (Fsp3) is 0.721. The second-order valence-corrected chi connectivity index (χ2v) is 17.0. The normalized spacial score (nSPS) is 31.3.